The second-order valence-electron chi connectivity index (χ2n) is 8.13. The number of nitrogens with one attached hydrogen (secondary N) is 1. The van der Waals surface area contributed by atoms with E-state index >= 15 is 0 Å². The van der Waals surface area contributed by atoms with E-state index in [9.17, 15) is 5.11 Å². The van der Waals surface area contributed by atoms with Crippen LogP contribution in [0.5, 0.6) is 0 Å². The average Bonchev–Trinajstić information content (AvgIpc) is 2.22. The minimum atomic E-state index is -0.769. The standard InChI is InChI=1S/C16H29N3O/c1-14(2,3)11-9-12(17-10-16(7,8)20)19-13(18-11)15(4,5)6/h9,20H,10H2,1-8H3,(H,17,18,19). The third kappa shape index (κ3) is 5.08. The molecule has 0 saturated heterocycles. The molecule has 0 bridgehead atoms. The lowest BCUT2D eigenvalue weighted by molar-refractivity contribution is 0.0944. The molecule has 0 aliphatic heterocycles. The number of aromatic nitrogens is 2. The van der Waals surface area contributed by atoms with Crippen molar-refractivity contribution in [3.8, 4) is 0 Å². The van der Waals surface area contributed by atoms with Gasteiger partial charge in [0.25, 0.3) is 0 Å². The maximum Gasteiger partial charge on any atom is 0.136 e. The molecule has 20 heavy (non-hydrogen) atoms. The Hall–Kier alpha value is -1.16. The maximum absolute atomic E-state index is 9.83. The van der Waals surface area contributed by atoms with Crippen LogP contribution in [-0.4, -0.2) is 27.2 Å². The molecule has 1 aromatic rings. The van der Waals surface area contributed by atoms with Crippen LogP contribution in [0, 0.1) is 0 Å². The van der Waals surface area contributed by atoms with Gasteiger partial charge >= 0.3 is 0 Å². The first kappa shape index (κ1) is 16.9. The lowest BCUT2D eigenvalue weighted by atomic mass is 9.90. The van der Waals surface area contributed by atoms with Gasteiger partial charge in [0.15, 0.2) is 0 Å². The van der Waals surface area contributed by atoms with E-state index in [1.54, 1.807) is 13.8 Å². The topological polar surface area (TPSA) is 58.0 Å². The zero-order valence-electron chi connectivity index (χ0n) is 14.1. The quantitative estimate of drug-likeness (QED) is 0.891. The van der Waals surface area contributed by atoms with Gasteiger partial charge in [-0.15, -0.1) is 0 Å². The van der Waals surface area contributed by atoms with Gasteiger partial charge in [-0.05, 0) is 13.8 Å². The summed E-state index contributed by atoms with van der Waals surface area (Å²) in [5.41, 5.74) is 0.102. The fraction of sp³-hybridized carbons (Fsp3) is 0.750. The van der Waals surface area contributed by atoms with E-state index in [2.05, 4.69) is 51.8 Å². The Morgan fingerprint density at radius 3 is 1.90 bits per heavy atom. The first-order valence-electron chi connectivity index (χ1n) is 7.15. The molecule has 0 fully saturated rings. The molecule has 0 saturated carbocycles. The van der Waals surface area contributed by atoms with Crippen molar-refractivity contribution < 1.29 is 5.11 Å². The van der Waals surface area contributed by atoms with Crippen molar-refractivity contribution in [3.63, 3.8) is 0 Å². The SMILES string of the molecule is CC(C)(O)CNc1cc(C(C)(C)C)nc(C(C)(C)C)n1. The van der Waals surface area contributed by atoms with Crippen LogP contribution in [0.2, 0.25) is 0 Å². The lowest BCUT2D eigenvalue weighted by Crippen LogP contribution is -2.30. The summed E-state index contributed by atoms with van der Waals surface area (Å²) in [6, 6.07) is 1.97. The monoisotopic (exact) mass is 279 g/mol. The Kier molecular flexibility index (Phi) is 4.49. The highest BCUT2D eigenvalue weighted by Crippen LogP contribution is 2.26. The summed E-state index contributed by atoms with van der Waals surface area (Å²) in [4.78, 5) is 9.29. The molecule has 0 aliphatic rings. The zero-order chi connectivity index (χ0) is 15.8. The molecule has 114 valence electrons. The van der Waals surface area contributed by atoms with Gasteiger partial charge in [0.1, 0.15) is 11.6 Å². The minimum absolute atomic E-state index is 0.0336. The Labute approximate surface area is 123 Å². The average molecular weight is 279 g/mol. The number of aliphatic hydroxyl groups is 1. The van der Waals surface area contributed by atoms with Gasteiger partial charge in [0.2, 0.25) is 0 Å². The van der Waals surface area contributed by atoms with E-state index in [0.717, 1.165) is 17.3 Å². The first-order valence-corrected chi connectivity index (χ1v) is 7.15. The molecular weight excluding hydrogens is 250 g/mol. The number of rotatable bonds is 3. The van der Waals surface area contributed by atoms with Crippen molar-refractivity contribution >= 4 is 5.82 Å². The molecule has 0 unspecified atom stereocenters. The third-order valence-corrected chi connectivity index (χ3v) is 2.87. The molecular formula is C16H29N3O. The smallest absolute Gasteiger partial charge is 0.136 e. The normalized spacial score (nSPS) is 13.4. The van der Waals surface area contributed by atoms with Crippen molar-refractivity contribution in [2.24, 2.45) is 0 Å². The second-order valence-corrected chi connectivity index (χ2v) is 8.13. The molecule has 4 nitrogen and oxygen atoms in total. The predicted octanol–water partition coefficient (Wildman–Crippen LogP) is 3.25. The van der Waals surface area contributed by atoms with Crippen LogP contribution in [-0.2, 0) is 10.8 Å². The summed E-state index contributed by atoms with van der Waals surface area (Å²) in [7, 11) is 0. The Morgan fingerprint density at radius 1 is 0.950 bits per heavy atom. The predicted molar refractivity (Wildman–Crippen MR) is 84.2 cm³/mol. The van der Waals surface area contributed by atoms with Gasteiger partial charge in [-0.1, -0.05) is 41.5 Å². The van der Waals surface area contributed by atoms with E-state index in [1.807, 2.05) is 6.07 Å². The van der Waals surface area contributed by atoms with Crippen molar-refractivity contribution in [1.82, 2.24) is 9.97 Å². The molecule has 4 heteroatoms. The van der Waals surface area contributed by atoms with E-state index < -0.39 is 5.60 Å². The molecule has 2 N–H and O–H groups in total. The van der Waals surface area contributed by atoms with E-state index in [-0.39, 0.29) is 10.8 Å². The zero-order valence-corrected chi connectivity index (χ0v) is 14.1. The summed E-state index contributed by atoms with van der Waals surface area (Å²) >= 11 is 0. The molecule has 0 atom stereocenters. The van der Waals surface area contributed by atoms with Crippen LogP contribution < -0.4 is 5.32 Å². The van der Waals surface area contributed by atoms with Gasteiger partial charge in [0, 0.05) is 23.4 Å². The number of hydrogen-bond donors (Lipinski definition) is 2. The second kappa shape index (κ2) is 5.32. The Balaban J connectivity index is 3.18. The fourth-order valence-corrected chi connectivity index (χ4v) is 1.56. The number of hydrogen-bond acceptors (Lipinski definition) is 4. The summed E-state index contributed by atoms with van der Waals surface area (Å²) in [6.45, 7) is 16.7. The molecule has 0 aromatic carbocycles. The van der Waals surface area contributed by atoms with Crippen molar-refractivity contribution in [2.75, 3.05) is 11.9 Å². The number of nitrogens with zero attached hydrogens (tertiary/aromatic N) is 2. The van der Waals surface area contributed by atoms with Crippen molar-refractivity contribution in [1.29, 1.82) is 0 Å². The largest absolute Gasteiger partial charge is 0.389 e. The summed E-state index contributed by atoms with van der Waals surface area (Å²) in [5.74, 6) is 1.60. The summed E-state index contributed by atoms with van der Waals surface area (Å²) in [5, 5.41) is 13.0. The maximum atomic E-state index is 9.83. The Bertz CT molecular complexity index is 430. The van der Waals surface area contributed by atoms with Crippen LogP contribution in [0.4, 0.5) is 5.82 Å². The highest BCUT2D eigenvalue weighted by molar-refractivity contribution is 5.39. The lowest BCUT2D eigenvalue weighted by Gasteiger charge is -2.25. The van der Waals surface area contributed by atoms with Gasteiger partial charge in [-0.2, -0.15) is 0 Å². The van der Waals surface area contributed by atoms with Gasteiger partial charge in [-0.25, -0.2) is 9.97 Å². The Morgan fingerprint density at radius 2 is 1.50 bits per heavy atom. The van der Waals surface area contributed by atoms with E-state index in [0.29, 0.717) is 6.54 Å². The summed E-state index contributed by atoms with van der Waals surface area (Å²) < 4.78 is 0. The summed E-state index contributed by atoms with van der Waals surface area (Å²) in [6.07, 6.45) is 0. The fourth-order valence-electron chi connectivity index (χ4n) is 1.56. The minimum Gasteiger partial charge on any atom is -0.389 e. The highest BCUT2D eigenvalue weighted by Gasteiger charge is 2.24. The number of anilines is 1. The molecule has 0 amide bonds. The molecule has 1 heterocycles. The van der Waals surface area contributed by atoms with Crippen molar-refractivity contribution in [3.05, 3.63) is 17.6 Å². The molecule has 0 aliphatic carbocycles. The third-order valence-electron chi connectivity index (χ3n) is 2.87. The first-order chi connectivity index (χ1) is 8.79. The van der Waals surface area contributed by atoms with Crippen LogP contribution >= 0.6 is 0 Å². The highest BCUT2D eigenvalue weighted by atomic mass is 16.3. The van der Waals surface area contributed by atoms with Crippen LogP contribution in [0.3, 0.4) is 0 Å². The van der Waals surface area contributed by atoms with E-state index in [4.69, 9.17) is 4.98 Å². The van der Waals surface area contributed by atoms with Crippen molar-refractivity contribution in [2.45, 2.75) is 71.8 Å². The molecule has 1 aromatic heterocycles. The van der Waals surface area contributed by atoms with Gasteiger partial charge < -0.3 is 10.4 Å². The molecule has 1 rings (SSSR count). The molecule has 0 spiro atoms. The van der Waals surface area contributed by atoms with Crippen LogP contribution in [0.15, 0.2) is 6.07 Å². The van der Waals surface area contributed by atoms with Crippen LogP contribution in [0.25, 0.3) is 0 Å². The van der Waals surface area contributed by atoms with Gasteiger partial charge in [-0.3, -0.25) is 0 Å². The van der Waals surface area contributed by atoms with Crippen LogP contribution in [0.1, 0.15) is 66.9 Å². The molecule has 0 radical (unpaired) electrons. The van der Waals surface area contributed by atoms with E-state index in [1.165, 1.54) is 0 Å². The van der Waals surface area contributed by atoms with Gasteiger partial charge in [0.05, 0.1) is 11.3 Å².